The number of ketones is 1. The van der Waals surface area contributed by atoms with Crippen LogP contribution in [0, 0.1) is 6.92 Å². The van der Waals surface area contributed by atoms with Gasteiger partial charge in [-0.25, -0.2) is 0 Å². The van der Waals surface area contributed by atoms with Gasteiger partial charge in [0.25, 0.3) is 0 Å². The Hall–Kier alpha value is -1.28. The fourth-order valence-electron chi connectivity index (χ4n) is 1.25. The van der Waals surface area contributed by atoms with Gasteiger partial charge in [-0.2, -0.15) is 0 Å². The van der Waals surface area contributed by atoms with Crippen LogP contribution in [0.3, 0.4) is 0 Å². The molecule has 0 spiro atoms. The first-order valence-electron chi connectivity index (χ1n) is 5.05. The summed E-state index contributed by atoms with van der Waals surface area (Å²) in [4.78, 5) is 11.2. The van der Waals surface area contributed by atoms with E-state index in [0.717, 1.165) is 16.9 Å². The van der Waals surface area contributed by atoms with Crippen LogP contribution in [0.5, 0.6) is 5.75 Å². The number of carbonyl (C=O) groups is 1. The topological polar surface area (TPSA) is 26.3 Å². The second kappa shape index (κ2) is 5.71. The molecule has 16 heavy (non-hydrogen) atoms. The molecule has 1 aromatic carbocycles. The van der Waals surface area contributed by atoms with Gasteiger partial charge in [0.2, 0.25) is 0 Å². The van der Waals surface area contributed by atoms with Gasteiger partial charge >= 0.3 is 0 Å². The number of aryl methyl sites for hydroxylation is 1. The Kier molecular flexibility index (Phi) is 4.56. The van der Waals surface area contributed by atoms with E-state index in [9.17, 15) is 4.79 Å². The molecule has 0 aromatic heterocycles. The molecule has 86 valence electrons. The third-order valence-electron chi connectivity index (χ3n) is 2.22. The Morgan fingerprint density at radius 3 is 2.62 bits per heavy atom. The van der Waals surface area contributed by atoms with Crippen molar-refractivity contribution >= 4 is 17.4 Å². The number of hydrogen-bond donors (Lipinski definition) is 0. The second-order valence-electron chi connectivity index (χ2n) is 3.78. The third kappa shape index (κ3) is 3.38. The lowest BCUT2D eigenvalue weighted by molar-refractivity contribution is 0.101. The van der Waals surface area contributed by atoms with Gasteiger partial charge in [0.1, 0.15) is 12.4 Å². The van der Waals surface area contributed by atoms with E-state index in [4.69, 9.17) is 16.3 Å². The molecule has 0 radical (unpaired) electrons. The lowest BCUT2D eigenvalue weighted by Gasteiger charge is -2.09. The summed E-state index contributed by atoms with van der Waals surface area (Å²) < 4.78 is 5.56. The van der Waals surface area contributed by atoms with Gasteiger partial charge in [-0.3, -0.25) is 4.79 Å². The number of ether oxygens (including phenoxy) is 1. The minimum atomic E-state index is 0.0616. The summed E-state index contributed by atoms with van der Waals surface area (Å²) in [5.74, 6) is 0.842. The molecule has 3 heteroatoms. The maximum Gasteiger partial charge on any atom is 0.159 e. The first-order chi connectivity index (χ1) is 7.54. The molecule has 0 bridgehead atoms. The van der Waals surface area contributed by atoms with Crippen molar-refractivity contribution in [2.24, 2.45) is 0 Å². The smallest absolute Gasteiger partial charge is 0.159 e. The largest absolute Gasteiger partial charge is 0.489 e. The van der Waals surface area contributed by atoms with E-state index < -0.39 is 0 Å². The van der Waals surface area contributed by atoms with Crippen molar-refractivity contribution in [3.63, 3.8) is 0 Å². The molecular formula is C13H15ClO2. The summed E-state index contributed by atoms with van der Waals surface area (Å²) in [5.41, 5.74) is 4.11. The zero-order valence-electron chi connectivity index (χ0n) is 9.71. The first-order valence-corrected chi connectivity index (χ1v) is 5.48. The predicted molar refractivity (Wildman–Crippen MR) is 66.3 cm³/mol. The molecule has 0 aliphatic heterocycles. The zero-order chi connectivity index (χ0) is 12.1. The number of rotatable bonds is 4. The van der Waals surface area contributed by atoms with E-state index in [0.29, 0.717) is 12.2 Å². The lowest BCUT2D eigenvalue weighted by atomic mass is 10.1. The SMILES string of the molecule is CC(=O)c1ccc(OC/C(C)=C/Cl)c(C)c1. The van der Waals surface area contributed by atoms with E-state index >= 15 is 0 Å². The van der Waals surface area contributed by atoms with E-state index in [1.165, 1.54) is 5.54 Å². The van der Waals surface area contributed by atoms with Crippen LogP contribution in [0.4, 0.5) is 0 Å². The normalized spacial score (nSPS) is 11.4. The Balaban J connectivity index is 2.79. The first kappa shape index (κ1) is 12.8. The molecule has 1 aromatic rings. The highest BCUT2D eigenvalue weighted by Crippen LogP contribution is 2.20. The fraction of sp³-hybridized carbons (Fsp3) is 0.308. The van der Waals surface area contributed by atoms with Crippen molar-refractivity contribution in [1.82, 2.24) is 0 Å². The van der Waals surface area contributed by atoms with E-state index in [1.54, 1.807) is 13.0 Å². The molecule has 2 nitrogen and oxygen atoms in total. The van der Waals surface area contributed by atoms with Crippen LogP contribution in [0.1, 0.15) is 29.8 Å². The Morgan fingerprint density at radius 1 is 1.44 bits per heavy atom. The van der Waals surface area contributed by atoms with Crippen molar-refractivity contribution in [3.8, 4) is 5.75 Å². The number of carbonyl (C=O) groups excluding carboxylic acids is 1. The van der Waals surface area contributed by atoms with Gasteiger partial charge in [0.05, 0.1) is 0 Å². The zero-order valence-corrected chi connectivity index (χ0v) is 10.5. The summed E-state index contributed by atoms with van der Waals surface area (Å²) in [7, 11) is 0. The Morgan fingerprint density at radius 2 is 2.12 bits per heavy atom. The van der Waals surface area contributed by atoms with Gasteiger partial charge in [-0.05, 0) is 50.1 Å². The van der Waals surface area contributed by atoms with Gasteiger partial charge in [0.15, 0.2) is 5.78 Å². The van der Waals surface area contributed by atoms with Crippen molar-refractivity contribution in [3.05, 3.63) is 40.4 Å². The minimum Gasteiger partial charge on any atom is -0.489 e. The maximum absolute atomic E-state index is 11.2. The van der Waals surface area contributed by atoms with E-state index in [1.807, 2.05) is 26.0 Å². The Bertz CT molecular complexity index is 422. The summed E-state index contributed by atoms with van der Waals surface area (Å²) in [6, 6.07) is 5.41. The fourth-order valence-corrected chi connectivity index (χ4v) is 1.32. The average molecular weight is 239 g/mol. The highest BCUT2D eigenvalue weighted by atomic mass is 35.5. The van der Waals surface area contributed by atoms with Crippen molar-refractivity contribution in [1.29, 1.82) is 0 Å². The molecule has 0 aliphatic carbocycles. The van der Waals surface area contributed by atoms with Gasteiger partial charge in [-0.1, -0.05) is 11.6 Å². The molecule has 0 saturated carbocycles. The van der Waals surface area contributed by atoms with Gasteiger partial charge in [-0.15, -0.1) is 0 Å². The molecule has 0 atom stereocenters. The molecule has 0 saturated heterocycles. The predicted octanol–water partition coefficient (Wildman–Crippen LogP) is 3.72. The molecular weight excluding hydrogens is 224 g/mol. The number of halogens is 1. The summed E-state index contributed by atoms with van der Waals surface area (Å²) in [6.45, 7) is 5.83. The highest BCUT2D eigenvalue weighted by molar-refractivity contribution is 6.25. The van der Waals surface area contributed by atoms with Gasteiger partial charge < -0.3 is 4.74 Å². The van der Waals surface area contributed by atoms with Crippen molar-refractivity contribution < 1.29 is 9.53 Å². The average Bonchev–Trinajstić information content (AvgIpc) is 2.26. The Labute approximate surface area is 101 Å². The molecule has 0 amide bonds. The van der Waals surface area contributed by atoms with Crippen molar-refractivity contribution in [2.45, 2.75) is 20.8 Å². The van der Waals surface area contributed by atoms with Crippen molar-refractivity contribution in [2.75, 3.05) is 6.61 Å². The van der Waals surface area contributed by atoms with Crippen LogP contribution < -0.4 is 4.74 Å². The van der Waals surface area contributed by atoms with Crippen LogP contribution >= 0.6 is 11.6 Å². The molecule has 0 unspecified atom stereocenters. The number of benzene rings is 1. The molecule has 1 rings (SSSR count). The quantitative estimate of drug-likeness (QED) is 0.748. The molecule has 0 N–H and O–H groups in total. The monoisotopic (exact) mass is 238 g/mol. The van der Waals surface area contributed by atoms with Crippen LogP contribution in [0.15, 0.2) is 29.3 Å². The summed E-state index contributed by atoms with van der Waals surface area (Å²) >= 11 is 5.54. The number of hydrogen-bond acceptors (Lipinski definition) is 2. The summed E-state index contributed by atoms with van der Waals surface area (Å²) in [5, 5.41) is 0. The molecule has 0 aliphatic rings. The maximum atomic E-state index is 11.2. The van der Waals surface area contributed by atoms with Crippen LogP contribution in [-0.2, 0) is 0 Å². The molecule has 0 fully saturated rings. The van der Waals surface area contributed by atoms with Crippen LogP contribution in [-0.4, -0.2) is 12.4 Å². The standard InChI is InChI=1S/C13H15ClO2/c1-9(7-14)8-16-13-5-4-12(11(3)15)6-10(13)2/h4-7H,8H2,1-3H3/b9-7+. The highest BCUT2D eigenvalue weighted by Gasteiger charge is 2.04. The second-order valence-corrected chi connectivity index (χ2v) is 4.00. The van der Waals surface area contributed by atoms with Crippen LogP contribution in [0.2, 0.25) is 0 Å². The lowest BCUT2D eigenvalue weighted by Crippen LogP contribution is -2.01. The number of Topliss-reactive ketones (excluding diaryl/α,β-unsaturated/α-hetero) is 1. The van der Waals surface area contributed by atoms with Gasteiger partial charge in [0, 0.05) is 11.1 Å². The van der Waals surface area contributed by atoms with Crippen LogP contribution in [0.25, 0.3) is 0 Å². The minimum absolute atomic E-state index is 0.0616. The van der Waals surface area contributed by atoms with E-state index in [2.05, 4.69) is 0 Å². The van der Waals surface area contributed by atoms with E-state index in [-0.39, 0.29) is 5.78 Å². The summed E-state index contributed by atoms with van der Waals surface area (Å²) in [6.07, 6.45) is 0. The third-order valence-corrected chi connectivity index (χ3v) is 2.60. The molecule has 0 heterocycles.